The van der Waals surface area contributed by atoms with E-state index in [4.69, 9.17) is 4.99 Å². The lowest BCUT2D eigenvalue weighted by atomic mass is 9.96. The van der Waals surface area contributed by atoms with Gasteiger partial charge in [0.25, 0.3) is 0 Å². The van der Waals surface area contributed by atoms with E-state index in [9.17, 15) is 0 Å². The minimum Gasteiger partial charge on any atom is -0.378 e. The van der Waals surface area contributed by atoms with Crippen LogP contribution in [-0.2, 0) is 0 Å². The molecule has 0 saturated heterocycles. The SMILES string of the molecule is CC(=Nc1ccccc1)c1ccccc1C1=CC(N(C)C)=CC1. The molecule has 2 aromatic rings. The maximum atomic E-state index is 4.78. The van der Waals surface area contributed by atoms with Gasteiger partial charge in [0.2, 0.25) is 0 Å². The first-order valence-electron chi connectivity index (χ1n) is 7.93. The summed E-state index contributed by atoms with van der Waals surface area (Å²) >= 11 is 0. The third-order valence-electron chi connectivity index (χ3n) is 4.09. The molecule has 0 spiro atoms. The Balaban J connectivity index is 1.96. The van der Waals surface area contributed by atoms with Crippen LogP contribution < -0.4 is 0 Å². The lowest BCUT2D eigenvalue weighted by Gasteiger charge is -2.12. The Morgan fingerprint density at radius 2 is 1.65 bits per heavy atom. The molecule has 0 aromatic heterocycles. The van der Waals surface area contributed by atoms with Crippen LogP contribution in [0.25, 0.3) is 5.57 Å². The molecule has 0 saturated carbocycles. The van der Waals surface area contributed by atoms with E-state index < -0.39 is 0 Å². The van der Waals surface area contributed by atoms with Gasteiger partial charge in [0.1, 0.15) is 0 Å². The summed E-state index contributed by atoms with van der Waals surface area (Å²) in [4.78, 5) is 6.93. The molecule has 116 valence electrons. The zero-order valence-electron chi connectivity index (χ0n) is 14.0. The Labute approximate surface area is 138 Å². The van der Waals surface area contributed by atoms with Crippen LogP contribution >= 0.6 is 0 Å². The number of rotatable bonds is 4. The predicted octanol–water partition coefficient (Wildman–Crippen LogP) is 5.06. The number of nitrogens with zero attached hydrogens (tertiary/aromatic N) is 2. The average molecular weight is 302 g/mol. The lowest BCUT2D eigenvalue weighted by molar-refractivity contribution is 0.531. The van der Waals surface area contributed by atoms with E-state index in [0.29, 0.717) is 0 Å². The molecule has 0 aliphatic heterocycles. The van der Waals surface area contributed by atoms with Crippen molar-refractivity contribution in [2.45, 2.75) is 13.3 Å². The Hall–Kier alpha value is -2.61. The predicted molar refractivity (Wildman–Crippen MR) is 99.1 cm³/mol. The van der Waals surface area contributed by atoms with Crippen molar-refractivity contribution in [1.29, 1.82) is 0 Å². The highest BCUT2D eigenvalue weighted by Crippen LogP contribution is 2.30. The number of likely N-dealkylation sites (N-methyl/N-ethyl adjacent to an activating group) is 1. The van der Waals surface area contributed by atoms with Crippen LogP contribution in [-0.4, -0.2) is 24.7 Å². The van der Waals surface area contributed by atoms with Crippen molar-refractivity contribution in [1.82, 2.24) is 4.90 Å². The van der Waals surface area contributed by atoms with Gasteiger partial charge in [-0.15, -0.1) is 0 Å². The van der Waals surface area contributed by atoms with E-state index in [1.807, 2.05) is 30.3 Å². The van der Waals surface area contributed by atoms with E-state index in [1.54, 1.807) is 0 Å². The Morgan fingerprint density at radius 1 is 0.957 bits per heavy atom. The van der Waals surface area contributed by atoms with Gasteiger partial charge in [0.15, 0.2) is 0 Å². The van der Waals surface area contributed by atoms with E-state index in [0.717, 1.165) is 17.8 Å². The number of benzene rings is 2. The maximum absolute atomic E-state index is 4.78. The zero-order chi connectivity index (χ0) is 16.2. The normalized spacial score (nSPS) is 14.5. The third kappa shape index (κ3) is 3.42. The van der Waals surface area contributed by atoms with Crippen LogP contribution in [0.1, 0.15) is 24.5 Å². The molecular weight excluding hydrogens is 280 g/mol. The molecule has 23 heavy (non-hydrogen) atoms. The van der Waals surface area contributed by atoms with E-state index in [1.165, 1.54) is 22.4 Å². The van der Waals surface area contributed by atoms with Crippen LogP contribution in [0.2, 0.25) is 0 Å². The summed E-state index contributed by atoms with van der Waals surface area (Å²) in [5, 5.41) is 0. The molecule has 2 nitrogen and oxygen atoms in total. The highest BCUT2D eigenvalue weighted by molar-refractivity contribution is 6.04. The molecule has 1 aliphatic rings. The molecule has 1 aliphatic carbocycles. The van der Waals surface area contributed by atoms with Gasteiger partial charge in [-0.2, -0.15) is 0 Å². The standard InChI is InChI=1S/C21H22N2/c1-16(22-18-9-5-4-6-10-18)20-11-7-8-12-21(20)17-13-14-19(15-17)23(2)3/h4-12,14-15H,13H2,1-3H3. The van der Waals surface area contributed by atoms with E-state index >= 15 is 0 Å². The molecule has 2 aromatic carbocycles. The molecule has 0 atom stereocenters. The lowest BCUT2D eigenvalue weighted by Crippen LogP contribution is -2.07. The summed E-state index contributed by atoms with van der Waals surface area (Å²) in [7, 11) is 4.17. The topological polar surface area (TPSA) is 15.6 Å². The number of hydrogen-bond acceptors (Lipinski definition) is 2. The number of para-hydroxylation sites is 1. The highest BCUT2D eigenvalue weighted by atomic mass is 15.1. The van der Waals surface area contributed by atoms with Crippen molar-refractivity contribution in [3.8, 4) is 0 Å². The third-order valence-corrected chi connectivity index (χ3v) is 4.09. The van der Waals surface area contributed by atoms with Crippen molar-refractivity contribution in [3.63, 3.8) is 0 Å². The fraction of sp³-hybridized carbons (Fsp3) is 0.190. The van der Waals surface area contributed by atoms with Crippen LogP contribution in [0.15, 0.2) is 77.4 Å². The molecule has 0 unspecified atom stereocenters. The summed E-state index contributed by atoms with van der Waals surface area (Å²) in [6.07, 6.45) is 5.52. The van der Waals surface area contributed by atoms with Crippen LogP contribution in [0.5, 0.6) is 0 Å². The summed E-state index contributed by atoms with van der Waals surface area (Å²) < 4.78 is 0. The number of allylic oxidation sites excluding steroid dienone is 3. The minimum absolute atomic E-state index is 0.975. The second kappa shape index (κ2) is 6.66. The molecule has 0 bridgehead atoms. The summed E-state index contributed by atoms with van der Waals surface area (Å²) in [5.41, 5.74) is 7.14. The van der Waals surface area contributed by atoms with Crippen LogP contribution in [0, 0.1) is 0 Å². The summed E-state index contributed by atoms with van der Waals surface area (Å²) in [6, 6.07) is 18.7. The minimum atomic E-state index is 0.975. The van der Waals surface area contributed by atoms with Gasteiger partial charge in [-0.3, -0.25) is 4.99 Å². The first-order valence-corrected chi connectivity index (χ1v) is 7.93. The first kappa shape index (κ1) is 15.3. The number of hydrogen-bond donors (Lipinski definition) is 0. The average Bonchev–Trinajstić information content (AvgIpc) is 3.06. The fourth-order valence-electron chi connectivity index (χ4n) is 2.85. The Morgan fingerprint density at radius 3 is 2.35 bits per heavy atom. The zero-order valence-corrected chi connectivity index (χ0v) is 14.0. The monoisotopic (exact) mass is 302 g/mol. The molecule has 0 fully saturated rings. The molecular formula is C21H22N2. The molecule has 0 amide bonds. The van der Waals surface area contributed by atoms with Crippen molar-refractivity contribution in [3.05, 3.63) is 83.6 Å². The van der Waals surface area contributed by atoms with Crippen molar-refractivity contribution in [2.24, 2.45) is 4.99 Å². The fourth-order valence-corrected chi connectivity index (χ4v) is 2.85. The smallest absolute Gasteiger partial charge is 0.0633 e. The van der Waals surface area contributed by atoms with Gasteiger partial charge >= 0.3 is 0 Å². The Kier molecular flexibility index (Phi) is 4.42. The van der Waals surface area contributed by atoms with Gasteiger partial charge in [-0.1, -0.05) is 48.5 Å². The second-order valence-electron chi connectivity index (χ2n) is 5.98. The maximum Gasteiger partial charge on any atom is 0.0633 e. The molecule has 0 heterocycles. The van der Waals surface area contributed by atoms with Crippen molar-refractivity contribution in [2.75, 3.05) is 14.1 Å². The van der Waals surface area contributed by atoms with Crippen molar-refractivity contribution >= 4 is 17.0 Å². The van der Waals surface area contributed by atoms with E-state index in [-0.39, 0.29) is 0 Å². The number of aliphatic imine (C=N–C) groups is 1. The Bertz CT molecular complexity index is 780. The van der Waals surface area contributed by atoms with Crippen molar-refractivity contribution < 1.29 is 0 Å². The molecule has 3 rings (SSSR count). The van der Waals surface area contributed by atoms with Gasteiger partial charge in [-0.05, 0) is 42.7 Å². The molecule has 2 heteroatoms. The largest absolute Gasteiger partial charge is 0.378 e. The van der Waals surface area contributed by atoms with Crippen LogP contribution in [0.4, 0.5) is 5.69 Å². The van der Waals surface area contributed by atoms with Gasteiger partial charge in [0, 0.05) is 31.1 Å². The summed E-state index contributed by atoms with van der Waals surface area (Å²) in [5.74, 6) is 0. The van der Waals surface area contributed by atoms with Gasteiger partial charge in [0.05, 0.1) is 5.69 Å². The second-order valence-corrected chi connectivity index (χ2v) is 5.98. The first-order chi connectivity index (χ1) is 11.1. The quantitative estimate of drug-likeness (QED) is 0.721. The van der Waals surface area contributed by atoms with Gasteiger partial charge in [-0.25, -0.2) is 0 Å². The molecule has 0 radical (unpaired) electrons. The van der Waals surface area contributed by atoms with E-state index in [2.05, 4.69) is 62.3 Å². The van der Waals surface area contributed by atoms with Crippen LogP contribution in [0.3, 0.4) is 0 Å². The highest BCUT2D eigenvalue weighted by Gasteiger charge is 2.14. The van der Waals surface area contributed by atoms with Gasteiger partial charge < -0.3 is 4.90 Å². The summed E-state index contributed by atoms with van der Waals surface area (Å²) in [6.45, 7) is 2.08. The molecule has 0 N–H and O–H groups in total.